The van der Waals surface area contributed by atoms with Gasteiger partial charge in [-0.2, -0.15) is 0 Å². The molecule has 0 spiro atoms. The van der Waals surface area contributed by atoms with Crippen molar-refractivity contribution in [3.8, 4) is 11.3 Å². The van der Waals surface area contributed by atoms with Gasteiger partial charge in [0.25, 0.3) is 0 Å². The van der Waals surface area contributed by atoms with Gasteiger partial charge in [-0.05, 0) is 12.1 Å². The Balaban J connectivity index is 2.49. The van der Waals surface area contributed by atoms with Crippen LogP contribution in [-0.4, -0.2) is 9.97 Å². The molecule has 2 nitrogen and oxygen atoms in total. The predicted octanol–water partition coefficient (Wildman–Crippen LogP) is 3.56. The maximum Gasteiger partial charge on any atom is 0.148 e. The predicted molar refractivity (Wildman–Crippen MR) is 60.2 cm³/mol. The molecule has 2 aromatic rings. The highest BCUT2D eigenvalue weighted by molar-refractivity contribution is 9.10. The molecule has 1 heterocycles. The van der Waals surface area contributed by atoms with Crippen molar-refractivity contribution in [1.29, 1.82) is 0 Å². The van der Waals surface area contributed by atoms with Gasteiger partial charge in [-0.25, -0.2) is 4.98 Å². The number of aromatic nitrogens is 2. The maximum atomic E-state index is 5.75. The Morgan fingerprint density at radius 2 is 2.07 bits per heavy atom. The molecule has 70 valence electrons. The lowest BCUT2D eigenvalue weighted by Gasteiger charge is -2.00. The largest absolute Gasteiger partial charge is 0.259 e. The molecule has 0 aliphatic heterocycles. The zero-order chi connectivity index (χ0) is 9.97. The summed E-state index contributed by atoms with van der Waals surface area (Å²) in [5.74, 6) is 0. The molecule has 0 bridgehead atoms. The van der Waals surface area contributed by atoms with Crippen LogP contribution in [-0.2, 0) is 0 Å². The lowest BCUT2D eigenvalue weighted by atomic mass is 10.2. The summed E-state index contributed by atoms with van der Waals surface area (Å²) >= 11 is 9.15. The molecule has 1 aromatic heterocycles. The van der Waals surface area contributed by atoms with Crippen molar-refractivity contribution in [2.24, 2.45) is 0 Å². The molecule has 0 saturated carbocycles. The van der Waals surface area contributed by atoms with E-state index in [0.29, 0.717) is 5.15 Å². The summed E-state index contributed by atoms with van der Waals surface area (Å²) < 4.78 is 1.01. The molecule has 0 amide bonds. The van der Waals surface area contributed by atoms with Crippen LogP contribution in [0, 0.1) is 0 Å². The summed E-state index contributed by atoms with van der Waals surface area (Å²) in [5.41, 5.74) is 1.77. The molecule has 0 unspecified atom stereocenters. The lowest BCUT2D eigenvalue weighted by Crippen LogP contribution is -1.85. The van der Waals surface area contributed by atoms with Crippen LogP contribution in [0.3, 0.4) is 0 Å². The first-order chi connectivity index (χ1) is 6.75. The van der Waals surface area contributed by atoms with Crippen LogP contribution in [0.4, 0.5) is 0 Å². The average molecular weight is 270 g/mol. The van der Waals surface area contributed by atoms with Gasteiger partial charge >= 0.3 is 0 Å². The minimum Gasteiger partial charge on any atom is -0.259 e. The second-order valence-corrected chi connectivity index (χ2v) is 4.04. The summed E-state index contributed by atoms with van der Waals surface area (Å²) in [4.78, 5) is 8.15. The van der Waals surface area contributed by atoms with Crippen molar-refractivity contribution in [3.05, 3.63) is 46.3 Å². The molecule has 4 heteroatoms. The van der Waals surface area contributed by atoms with Crippen molar-refractivity contribution >= 4 is 27.5 Å². The molecule has 0 atom stereocenters. The molecule has 0 fully saturated rings. The zero-order valence-corrected chi connectivity index (χ0v) is 9.46. The van der Waals surface area contributed by atoms with Gasteiger partial charge in [0.1, 0.15) is 5.15 Å². The number of nitrogens with zero attached hydrogens (tertiary/aromatic N) is 2. The van der Waals surface area contributed by atoms with Crippen LogP contribution in [0.1, 0.15) is 0 Å². The molecule has 0 aliphatic carbocycles. The van der Waals surface area contributed by atoms with Crippen LogP contribution >= 0.6 is 27.5 Å². The minimum absolute atomic E-state index is 0.405. The van der Waals surface area contributed by atoms with Crippen molar-refractivity contribution < 1.29 is 0 Å². The van der Waals surface area contributed by atoms with E-state index in [4.69, 9.17) is 11.6 Å². The fourth-order valence-electron chi connectivity index (χ4n) is 1.13. The second-order valence-electron chi connectivity index (χ2n) is 2.74. The Morgan fingerprint density at radius 3 is 2.79 bits per heavy atom. The number of hydrogen-bond donors (Lipinski definition) is 0. The van der Waals surface area contributed by atoms with E-state index >= 15 is 0 Å². The lowest BCUT2D eigenvalue weighted by molar-refractivity contribution is 1.20. The SMILES string of the molecule is Clc1cncc(-c2cccc(Br)c2)n1. The van der Waals surface area contributed by atoms with Gasteiger partial charge in [0.05, 0.1) is 18.1 Å². The minimum atomic E-state index is 0.405. The fraction of sp³-hybridized carbons (Fsp3) is 0. The summed E-state index contributed by atoms with van der Waals surface area (Å²) in [7, 11) is 0. The third kappa shape index (κ3) is 2.11. The summed E-state index contributed by atoms with van der Waals surface area (Å²) in [5, 5.41) is 0.405. The maximum absolute atomic E-state index is 5.75. The highest BCUT2D eigenvalue weighted by Gasteiger charge is 2.00. The first-order valence-corrected chi connectivity index (χ1v) is 5.16. The molecule has 0 radical (unpaired) electrons. The Morgan fingerprint density at radius 1 is 1.21 bits per heavy atom. The van der Waals surface area contributed by atoms with Gasteiger partial charge in [0.2, 0.25) is 0 Å². The van der Waals surface area contributed by atoms with Crippen molar-refractivity contribution in [2.75, 3.05) is 0 Å². The van der Waals surface area contributed by atoms with Crippen molar-refractivity contribution in [3.63, 3.8) is 0 Å². The zero-order valence-electron chi connectivity index (χ0n) is 7.11. The Kier molecular flexibility index (Phi) is 2.79. The fourth-order valence-corrected chi connectivity index (χ4v) is 1.68. The molecular formula is C10H6BrClN2. The average Bonchev–Trinajstić information content (AvgIpc) is 2.18. The molecule has 0 N–H and O–H groups in total. The molecule has 1 aromatic carbocycles. The van der Waals surface area contributed by atoms with Gasteiger partial charge in [-0.3, -0.25) is 4.98 Å². The third-order valence-electron chi connectivity index (χ3n) is 1.73. The Labute approximate surface area is 95.1 Å². The van der Waals surface area contributed by atoms with Crippen LogP contribution in [0.2, 0.25) is 5.15 Å². The number of benzene rings is 1. The molecule has 0 saturated heterocycles. The highest BCUT2D eigenvalue weighted by atomic mass is 79.9. The van der Waals surface area contributed by atoms with Crippen LogP contribution in [0.25, 0.3) is 11.3 Å². The molecule has 0 aliphatic rings. The van der Waals surface area contributed by atoms with E-state index in [1.165, 1.54) is 6.20 Å². The van der Waals surface area contributed by atoms with E-state index < -0.39 is 0 Å². The molecular weight excluding hydrogens is 263 g/mol. The smallest absolute Gasteiger partial charge is 0.148 e. The van der Waals surface area contributed by atoms with Crippen LogP contribution in [0.5, 0.6) is 0 Å². The molecule has 14 heavy (non-hydrogen) atoms. The van der Waals surface area contributed by atoms with E-state index in [9.17, 15) is 0 Å². The van der Waals surface area contributed by atoms with E-state index in [0.717, 1.165) is 15.7 Å². The Bertz CT molecular complexity index is 416. The summed E-state index contributed by atoms with van der Waals surface area (Å²) in [6.07, 6.45) is 3.21. The van der Waals surface area contributed by atoms with Crippen LogP contribution < -0.4 is 0 Å². The highest BCUT2D eigenvalue weighted by Crippen LogP contribution is 2.21. The van der Waals surface area contributed by atoms with Gasteiger partial charge < -0.3 is 0 Å². The van der Waals surface area contributed by atoms with Gasteiger partial charge in [-0.15, -0.1) is 0 Å². The van der Waals surface area contributed by atoms with E-state index in [-0.39, 0.29) is 0 Å². The number of rotatable bonds is 1. The van der Waals surface area contributed by atoms with Crippen molar-refractivity contribution in [1.82, 2.24) is 9.97 Å². The first-order valence-electron chi connectivity index (χ1n) is 3.99. The van der Waals surface area contributed by atoms with Gasteiger partial charge in [-0.1, -0.05) is 39.7 Å². The van der Waals surface area contributed by atoms with E-state index in [1.54, 1.807) is 6.20 Å². The monoisotopic (exact) mass is 268 g/mol. The number of hydrogen-bond acceptors (Lipinski definition) is 2. The van der Waals surface area contributed by atoms with Crippen molar-refractivity contribution in [2.45, 2.75) is 0 Å². The topological polar surface area (TPSA) is 25.8 Å². The quantitative estimate of drug-likeness (QED) is 0.791. The Hall–Kier alpha value is -0.930. The van der Waals surface area contributed by atoms with Gasteiger partial charge in [0, 0.05) is 10.0 Å². The van der Waals surface area contributed by atoms with E-state index in [2.05, 4.69) is 25.9 Å². The normalized spacial score (nSPS) is 10.1. The summed E-state index contributed by atoms with van der Waals surface area (Å²) in [6.45, 7) is 0. The first kappa shape index (κ1) is 9.62. The summed E-state index contributed by atoms with van der Waals surface area (Å²) in [6, 6.07) is 7.84. The van der Waals surface area contributed by atoms with E-state index in [1.807, 2.05) is 24.3 Å². The molecule has 2 rings (SSSR count). The standard InChI is InChI=1S/C10H6BrClN2/c11-8-3-1-2-7(4-8)9-5-13-6-10(12)14-9/h1-6H. The number of halogens is 2. The third-order valence-corrected chi connectivity index (χ3v) is 2.40. The second kappa shape index (κ2) is 4.07. The van der Waals surface area contributed by atoms with Gasteiger partial charge in [0.15, 0.2) is 0 Å². The van der Waals surface area contributed by atoms with Crippen LogP contribution in [0.15, 0.2) is 41.1 Å².